The number of pyridine rings is 2. The van der Waals surface area contributed by atoms with Crippen molar-refractivity contribution in [1.82, 2.24) is 25.1 Å². The number of aryl methyl sites for hydroxylation is 1. The molecular weight excluding hydrogens is 376 g/mol. The number of fused-ring (bicyclic) bond motifs is 1. The van der Waals surface area contributed by atoms with E-state index in [0.717, 1.165) is 40.6 Å². The number of piperidine rings is 3. The Hall–Kier alpha value is -3.18. The Balaban J connectivity index is 1.19. The Morgan fingerprint density at radius 3 is 2.83 bits per heavy atom. The molecule has 0 bridgehead atoms. The van der Waals surface area contributed by atoms with Gasteiger partial charge in [-0.3, -0.25) is 15.0 Å². The molecule has 4 fully saturated rings. The van der Waals surface area contributed by atoms with Crippen LogP contribution < -0.4 is 10.6 Å². The summed E-state index contributed by atoms with van der Waals surface area (Å²) < 4.78 is 0. The Kier molecular flexibility index (Phi) is 2.93. The normalized spacial score (nSPS) is 34.6. The average Bonchev–Trinajstić information content (AvgIpc) is 3.67. The molecule has 2 spiro atoms. The highest BCUT2D eigenvalue weighted by Crippen LogP contribution is 2.95. The molecular formula is C22H22N8. The summed E-state index contributed by atoms with van der Waals surface area (Å²) >= 11 is 0. The molecule has 0 amide bonds. The summed E-state index contributed by atoms with van der Waals surface area (Å²) in [5, 5.41) is 24.4. The maximum Gasteiger partial charge on any atom is 0.153 e. The van der Waals surface area contributed by atoms with E-state index in [2.05, 4.69) is 42.9 Å². The van der Waals surface area contributed by atoms with Gasteiger partial charge in [0.05, 0.1) is 11.6 Å². The molecule has 3 N–H and O–H groups in total. The van der Waals surface area contributed by atoms with Gasteiger partial charge in [-0.15, -0.1) is 0 Å². The number of anilines is 3. The van der Waals surface area contributed by atoms with Crippen molar-refractivity contribution in [1.29, 1.82) is 5.26 Å². The predicted octanol–water partition coefficient (Wildman–Crippen LogP) is 2.95. The minimum absolute atomic E-state index is 0.409. The molecule has 150 valence electrons. The van der Waals surface area contributed by atoms with Crippen molar-refractivity contribution in [2.75, 3.05) is 17.2 Å². The van der Waals surface area contributed by atoms with Crippen LogP contribution in [-0.4, -0.2) is 49.7 Å². The molecule has 5 atom stereocenters. The number of nitrogens with zero attached hydrogens (tertiary/aromatic N) is 5. The molecule has 7 rings (SSSR count). The Labute approximate surface area is 173 Å². The first-order valence-electron chi connectivity index (χ1n) is 10.6. The summed E-state index contributed by atoms with van der Waals surface area (Å²) in [4.78, 5) is 12.1. The molecule has 30 heavy (non-hydrogen) atoms. The molecule has 4 aliphatic rings. The standard InChI is InChI=1S/C22H22N8/c1-12-8-18(29-28-12)25-17-9-14-13(4-2-6-24-14)19(26-17)27-20-21-10-15(21)30(7-3-5-23)16-11-22(16,20)21/h2,4,6,8-9,15-16,20H,3,7,10-11H2,1H3,(H3,25,26,27,28,29)/t15-,16?,20?,21?,22?/m0/s1. The monoisotopic (exact) mass is 398 g/mol. The predicted molar refractivity (Wildman–Crippen MR) is 112 cm³/mol. The third-order valence-corrected chi connectivity index (χ3v) is 7.87. The van der Waals surface area contributed by atoms with Crippen LogP contribution in [0.2, 0.25) is 0 Å². The molecule has 1 aliphatic heterocycles. The SMILES string of the molecule is Cc1cc(Nc2cc3ncccc3c(NC3C45CC4N(CCC#N)[C@H]4CC345)n2)n[nH]1. The molecule has 4 unspecified atom stereocenters. The largest absolute Gasteiger partial charge is 0.365 e. The average molecular weight is 398 g/mol. The van der Waals surface area contributed by atoms with Gasteiger partial charge in [-0.05, 0) is 31.9 Å². The minimum Gasteiger partial charge on any atom is -0.365 e. The van der Waals surface area contributed by atoms with Crippen LogP contribution in [0, 0.1) is 29.1 Å². The van der Waals surface area contributed by atoms with Crippen molar-refractivity contribution < 1.29 is 0 Å². The van der Waals surface area contributed by atoms with Gasteiger partial charge in [-0.1, -0.05) is 0 Å². The molecule has 8 nitrogen and oxygen atoms in total. The second kappa shape index (κ2) is 5.29. The Morgan fingerprint density at radius 2 is 2.10 bits per heavy atom. The number of rotatable bonds is 6. The molecule has 4 heterocycles. The van der Waals surface area contributed by atoms with E-state index in [0.29, 0.717) is 35.4 Å². The van der Waals surface area contributed by atoms with E-state index in [1.54, 1.807) is 0 Å². The zero-order valence-corrected chi connectivity index (χ0v) is 16.7. The van der Waals surface area contributed by atoms with Crippen LogP contribution in [0.15, 0.2) is 30.5 Å². The summed E-state index contributed by atoms with van der Waals surface area (Å²) in [5.41, 5.74) is 2.73. The summed E-state index contributed by atoms with van der Waals surface area (Å²) in [6, 6.07) is 12.1. The third kappa shape index (κ3) is 1.91. The van der Waals surface area contributed by atoms with E-state index in [4.69, 9.17) is 10.2 Å². The molecule has 1 saturated heterocycles. The van der Waals surface area contributed by atoms with Crippen LogP contribution in [0.25, 0.3) is 10.9 Å². The van der Waals surface area contributed by atoms with E-state index < -0.39 is 0 Å². The smallest absolute Gasteiger partial charge is 0.153 e. The summed E-state index contributed by atoms with van der Waals surface area (Å²) in [7, 11) is 0. The molecule has 3 aromatic rings. The minimum atomic E-state index is 0.409. The fourth-order valence-electron chi connectivity index (χ4n) is 6.58. The number of aromatic amines is 1. The van der Waals surface area contributed by atoms with Crippen molar-refractivity contribution >= 4 is 28.4 Å². The number of aromatic nitrogens is 4. The van der Waals surface area contributed by atoms with Gasteiger partial charge < -0.3 is 10.6 Å². The molecule has 0 radical (unpaired) electrons. The second-order valence-corrected chi connectivity index (χ2v) is 9.23. The van der Waals surface area contributed by atoms with Crippen LogP contribution in [0.1, 0.15) is 25.0 Å². The third-order valence-electron chi connectivity index (χ3n) is 7.87. The molecule has 0 aromatic carbocycles. The van der Waals surface area contributed by atoms with Crippen LogP contribution in [0.5, 0.6) is 0 Å². The van der Waals surface area contributed by atoms with Crippen LogP contribution in [0.3, 0.4) is 0 Å². The molecule has 3 aromatic heterocycles. The van der Waals surface area contributed by atoms with Crippen molar-refractivity contribution in [3.63, 3.8) is 0 Å². The number of H-pyrrole nitrogens is 1. The Morgan fingerprint density at radius 1 is 1.27 bits per heavy atom. The summed E-state index contributed by atoms with van der Waals surface area (Å²) in [6.07, 6.45) is 4.97. The van der Waals surface area contributed by atoms with Crippen LogP contribution >= 0.6 is 0 Å². The lowest BCUT2D eigenvalue weighted by atomic mass is 10.2. The maximum atomic E-state index is 8.96. The Bertz CT molecular complexity index is 1220. The van der Waals surface area contributed by atoms with E-state index >= 15 is 0 Å². The van der Waals surface area contributed by atoms with Gasteiger partial charge in [-0.2, -0.15) is 10.4 Å². The number of hydrogen-bond acceptors (Lipinski definition) is 7. The molecule has 3 aliphatic carbocycles. The first-order valence-corrected chi connectivity index (χ1v) is 10.6. The fraction of sp³-hybridized carbons (Fsp3) is 0.455. The van der Waals surface area contributed by atoms with Gasteiger partial charge in [0.15, 0.2) is 5.82 Å². The van der Waals surface area contributed by atoms with Gasteiger partial charge in [0, 0.05) is 71.3 Å². The van der Waals surface area contributed by atoms with Gasteiger partial charge >= 0.3 is 0 Å². The van der Waals surface area contributed by atoms with Crippen molar-refractivity contribution in [3.05, 3.63) is 36.2 Å². The quantitative estimate of drug-likeness (QED) is 0.586. The lowest BCUT2D eigenvalue weighted by molar-refractivity contribution is 0.258. The van der Waals surface area contributed by atoms with Gasteiger partial charge in [0.2, 0.25) is 0 Å². The first kappa shape index (κ1) is 16.6. The van der Waals surface area contributed by atoms with E-state index in [-0.39, 0.29) is 0 Å². The first-order chi connectivity index (χ1) is 14.7. The van der Waals surface area contributed by atoms with Crippen molar-refractivity contribution in [3.8, 4) is 6.07 Å². The second-order valence-electron chi connectivity index (χ2n) is 9.23. The lowest BCUT2D eigenvalue weighted by Gasteiger charge is -2.20. The van der Waals surface area contributed by atoms with E-state index in [1.165, 1.54) is 12.8 Å². The molecule has 3 saturated carbocycles. The van der Waals surface area contributed by atoms with Gasteiger partial charge in [0.1, 0.15) is 11.6 Å². The number of nitrogens with one attached hydrogen (secondary N) is 3. The van der Waals surface area contributed by atoms with Gasteiger partial charge in [0.25, 0.3) is 0 Å². The van der Waals surface area contributed by atoms with Crippen molar-refractivity contribution in [2.24, 2.45) is 10.8 Å². The lowest BCUT2D eigenvalue weighted by Crippen LogP contribution is -2.31. The number of likely N-dealkylation sites (tertiary alicyclic amines) is 1. The zero-order valence-electron chi connectivity index (χ0n) is 16.7. The van der Waals surface area contributed by atoms with Crippen molar-refractivity contribution in [2.45, 2.75) is 44.3 Å². The highest BCUT2D eigenvalue weighted by atomic mass is 15.4. The highest BCUT2D eigenvalue weighted by molar-refractivity contribution is 5.92. The van der Waals surface area contributed by atoms with E-state index in [1.807, 2.05) is 31.3 Å². The maximum absolute atomic E-state index is 8.96. The fourth-order valence-corrected chi connectivity index (χ4v) is 6.58. The topological polar surface area (TPSA) is 106 Å². The highest BCUT2D eigenvalue weighted by Gasteiger charge is 3.01. The van der Waals surface area contributed by atoms with Gasteiger partial charge in [-0.25, -0.2) is 4.98 Å². The van der Waals surface area contributed by atoms with Crippen LogP contribution in [0.4, 0.5) is 17.5 Å². The molecule has 8 heteroatoms. The van der Waals surface area contributed by atoms with E-state index in [9.17, 15) is 0 Å². The number of hydrogen-bond donors (Lipinski definition) is 3. The summed E-state index contributed by atoms with van der Waals surface area (Å²) in [5.74, 6) is 2.39. The zero-order chi connectivity index (χ0) is 20.1. The number of nitriles is 1. The summed E-state index contributed by atoms with van der Waals surface area (Å²) in [6.45, 7) is 2.90. The van der Waals surface area contributed by atoms with Crippen LogP contribution in [-0.2, 0) is 0 Å².